The lowest BCUT2D eigenvalue weighted by Crippen LogP contribution is -2.17. The van der Waals surface area contributed by atoms with Crippen molar-refractivity contribution in [2.75, 3.05) is 19.5 Å². The molecule has 8 nitrogen and oxygen atoms in total. The number of hydrogen-bond acceptors (Lipinski definition) is 7. The number of likely N-dealkylation sites (N-methyl/N-ethyl adjacent to an activating group) is 1. The van der Waals surface area contributed by atoms with E-state index in [0.29, 0.717) is 15.8 Å². The number of aromatic nitrogens is 3. The number of anilines is 1. The number of methoxy groups -OCH3 is 1. The second-order valence-electron chi connectivity index (χ2n) is 7.15. The highest BCUT2D eigenvalue weighted by Crippen LogP contribution is 2.23. The molecule has 0 spiro atoms. The van der Waals surface area contributed by atoms with Gasteiger partial charge in [-0.15, -0.1) is 11.3 Å². The number of nitrogens with zero attached hydrogens (tertiary/aromatic N) is 3. The molecular formula is C26H32FN5O3S. The van der Waals surface area contributed by atoms with Crippen LogP contribution in [0.15, 0.2) is 73.6 Å². The van der Waals surface area contributed by atoms with Crippen molar-refractivity contribution in [2.45, 2.75) is 26.8 Å². The van der Waals surface area contributed by atoms with E-state index in [0.717, 1.165) is 29.4 Å². The van der Waals surface area contributed by atoms with E-state index in [1.165, 1.54) is 34.9 Å². The van der Waals surface area contributed by atoms with E-state index in [2.05, 4.69) is 40.3 Å². The maximum Gasteiger partial charge on any atom is 0.265 e. The zero-order valence-electron chi connectivity index (χ0n) is 21.1. The fourth-order valence-corrected chi connectivity index (χ4v) is 3.19. The summed E-state index contributed by atoms with van der Waals surface area (Å²) in [4.78, 5) is 27.3. The molecule has 0 radical (unpaired) electrons. The number of rotatable bonds is 8. The molecular weight excluding hydrogens is 481 g/mol. The molecule has 0 aliphatic heterocycles. The topological polar surface area (TPSA) is 98.1 Å². The van der Waals surface area contributed by atoms with E-state index in [9.17, 15) is 14.0 Å². The van der Waals surface area contributed by atoms with Crippen LogP contribution in [-0.4, -0.2) is 47.2 Å². The van der Waals surface area contributed by atoms with Gasteiger partial charge in [-0.05, 0) is 69.8 Å². The Balaban J connectivity index is 0.000000318. The highest BCUT2D eigenvalue weighted by Gasteiger charge is 2.11. The molecule has 192 valence electrons. The van der Waals surface area contributed by atoms with Crippen LogP contribution < -0.4 is 15.4 Å². The zero-order chi connectivity index (χ0) is 26.9. The number of allylic oxidation sites excluding steroid dienone is 3. The Morgan fingerprint density at radius 1 is 1.31 bits per heavy atom. The number of carbonyl (C=O) groups is 2. The minimum Gasteiger partial charge on any atom is -0.497 e. The van der Waals surface area contributed by atoms with Gasteiger partial charge in [-0.3, -0.25) is 9.59 Å². The Morgan fingerprint density at radius 3 is 2.53 bits per heavy atom. The monoisotopic (exact) mass is 513 g/mol. The van der Waals surface area contributed by atoms with Crippen LogP contribution >= 0.6 is 11.3 Å². The van der Waals surface area contributed by atoms with Crippen molar-refractivity contribution in [1.29, 1.82) is 0 Å². The fourth-order valence-electron chi connectivity index (χ4n) is 2.47. The molecule has 0 bridgehead atoms. The third-order valence-electron chi connectivity index (χ3n) is 4.47. The van der Waals surface area contributed by atoms with Crippen LogP contribution in [0.4, 0.5) is 10.1 Å². The molecule has 0 saturated heterocycles. The predicted octanol–water partition coefficient (Wildman–Crippen LogP) is 5.53. The van der Waals surface area contributed by atoms with Gasteiger partial charge in [0.15, 0.2) is 6.29 Å². The highest BCUT2D eigenvalue weighted by molar-refractivity contribution is 7.15. The van der Waals surface area contributed by atoms with Gasteiger partial charge in [0.1, 0.15) is 24.2 Å². The van der Waals surface area contributed by atoms with E-state index < -0.39 is 5.83 Å². The third kappa shape index (κ3) is 11.0. The van der Waals surface area contributed by atoms with E-state index in [1.807, 2.05) is 33.0 Å². The summed E-state index contributed by atoms with van der Waals surface area (Å²) in [7, 11) is 3.55. The molecule has 10 heteroatoms. The van der Waals surface area contributed by atoms with Crippen LogP contribution in [0.1, 0.15) is 38.8 Å². The molecule has 2 aromatic heterocycles. The number of aldehydes is 1. The summed E-state index contributed by atoms with van der Waals surface area (Å²) in [5.41, 5.74) is 1.65. The van der Waals surface area contributed by atoms with Crippen molar-refractivity contribution >= 4 is 35.4 Å². The maximum atomic E-state index is 12.3. The second-order valence-corrected chi connectivity index (χ2v) is 8.27. The minimum absolute atomic E-state index is 0.216. The highest BCUT2D eigenvalue weighted by atomic mass is 32.1. The molecule has 36 heavy (non-hydrogen) atoms. The first-order valence-corrected chi connectivity index (χ1v) is 11.7. The van der Waals surface area contributed by atoms with E-state index in [4.69, 9.17) is 4.74 Å². The van der Waals surface area contributed by atoms with Crippen LogP contribution in [0.25, 0.3) is 6.20 Å². The lowest BCUT2D eigenvalue weighted by atomic mass is 10.2. The molecule has 0 aliphatic rings. The first kappa shape index (κ1) is 30.1. The summed E-state index contributed by atoms with van der Waals surface area (Å²) in [6, 6.07) is 9.22. The van der Waals surface area contributed by atoms with Crippen molar-refractivity contribution in [3.05, 3.63) is 88.9 Å². The van der Waals surface area contributed by atoms with Gasteiger partial charge in [-0.25, -0.2) is 14.1 Å². The summed E-state index contributed by atoms with van der Waals surface area (Å²) in [5, 5.41) is 9.54. The number of carbonyl (C=O) groups excluding carboxylic acids is 2. The van der Waals surface area contributed by atoms with E-state index in [1.54, 1.807) is 31.4 Å². The van der Waals surface area contributed by atoms with Gasteiger partial charge in [-0.1, -0.05) is 18.7 Å². The average Bonchev–Trinajstić information content (AvgIpc) is 3.58. The van der Waals surface area contributed by atoms with E-state index >= 15 is 0 Å². The number of aryl methyl sites for hydroxylation is 1. The fraction of sp³-hybridized carbons (Fsp3) is 0.231. The molecule has 1 atom stereocenters. The summed E-state index contributed by atoms with van der Waals surface area (Å²) in [6.07, 6.45) is 9.89. The smallest absolute Gasteiger partial charge is 0.265 e. The van der Waals surface area contributed by atoms with Crippen molar-refractivity contribution in [1.82, 2.24) is 20.1 Å². The molecule has 0 aliphatic carbocycles. The Bertz CT molecular complexity index is 1160. The van der Waals surface area contributed by atoms with Crippen molar-refractivity contribution in [2.24, 2.45) is 0 Å². The molecule has 2 N–H and O–H groups in total. The molecule has 3 rings (SSSR count). The largest absolute Gasteiger partial charge is 0.497 e. The lowest BCUT2D eigenvalue weighted by molar-refractivity contribution is 0.103. The van der Waals surface area contributed by atoms with Gasteiger partial charge in [0, 0.05) is 11.7 Å². The molecule has 1 amide bonds. The standard InChI is InChI=1S/C14H13NO3S.C6H6FN3.C6H13N/c1-9-7-10(18-2)3-5-12(9)15-14(17)13-6-4-11(8-16)19-13;1-2-6(7)3-10-5-8-4-9-10;1-4-5-6(2)7-3/h3-8H,1-2H3,(H,15,17);2-5H,1H2;4-7H,1-3H3/b;6-3-;5-4-. The Kier molecular flexibility index (Phi) is 14.0. The molecule has 2 heterocycles. The van der Waals surface area contributed by atoms with Gasteiger partial charge in [-0.2, -0.15) is 5.10 Å². The number of ether oxygens (including phenoxy) is 1. The van der Waals surface area contributed by atoms with Crippen molar-refractivity contribution < 1.29 is 18.7 Å². The molecule has 0 saturated carbocycles. The number of benzene rings is 1. The van der Waals surface area contributed by atoms with Crippen molar-refractivity contribution in [3.63, 3.8) is 0 Å². The molecule has 1 unspecified atom stereocenters. The quantitative estimate of drug-likeness (QED) is 0.233. The molecule has 0 fully saturated rings. The third-order valence-corrected chi connectivity index (χ3v) is 5.48. The average molecular weight is 514 g/mol. The van der Waals surface area contributed by atoms with E-state index in [-0.39, 0.29) is 5.91 Å². The molecule has 3 aromatic rings. The Morgan fingerprint density at radius 2 is 2.06 bits per heavy atom. The zero-order valence-corrected chi connectivity index (χ0v) is 21.9. The van der Waals surface area contributed by atoms with Gasteiger partial charge in [0.05, 0.1) is 23.1 Å². The van der Waals surface area contributed by atoms with Crippen LogP contribution in [-0.2, 0) is 0 Å². The van der Waals surface area contributed by atoms with Gasteiger partial charge in [0.25, 0.3) is 5.91 Å². The SMILES string of the molecule is C/C=C\C(C)NC.C=C/C(F)=C/n1cncn1.COc1ccc(NC(=O)c2ccc(C=O)s2)c(C)c1. The minimum atomic E-state index is -0.439. The van der Waals surface area contributed by atoms with Gasteiger partial charge < -0.3 is 15.4 Å². The first-order valence-electron chi connectivity index (χ1n) is 10.9. The van der Waals surface area contributed by atoms with Crippen LogP contribution in [0.3, 0.4) is 0 Å². The Hall–Kier alpha value is -3.89. The Labute approximate surface area is 215 Å². The van der Waals surface area contributed by atoms with Crippen LogP contribution in [0.5, 0.6) is 5.75 Å². The normalized spacial score (nSPS) is 11.4. The maximum absolute atomic E-state index is 12.3. The first-order chi connectivity index (χ1) is 17.3. The summed E-state index contributed by atoms with van der Waals surface area (Å²) >= 11 is 1.17. The van der Waals surface area contributed by atoms with Crippen molar-refractivity contribution in [3.8, 4) is 5.75 Å². The number of hydrogen-bond donors (Lipinski definition) is 2. The van der Waals surface area contributed by atoms with Crippen LogP contribution in [0.2, 0.25) is 0 Å². The van der Waals surface area contributed by atoms with Crippen LogP contribution in [0, 0.1) is 6.92 Å². The number of halogens is 1. The predicted molar refractivity (Wildman–Crippen MR) is 144 cm³/mol. The lowest BCUT2D eigenvalue weighted by Gasteiger charge is -2.09. The number of amides is 1. The van der Waals surface area contributed by atoms with Gasteiger partial charge >= 0.3 is 0 Å². The molecule has 1 aromatic carbocycles. The number of nitrogens with one attached hydrogen (secondary N) is 2. The summed E-state index contributed by atoms with van der Waals surface area (Å²) in [6.45, 7) is 9.26. The van der Waals surface area contributed by atoms with Gasteiger partial charge in [0.2, 0.25) is 0 Å². The number of thiophene rings is 1. The second kappa shape index (κ2) is 16.7. The summed E-state index contributed by atoms with van der Waals surface area (Å²) < 4.78 is 18.7. The summed E-state index contributed by atoms with van der Waals surface area (Å²) in [5.74, 6) is 0.0896.